The van der Waals surface area contributed by atoms with Crippen LogP contribution in [0.15, 0.2) is 48.5 Å². The number of hydrogen-bond acceptors (Lipinski definition) is 1. The molecule has 2 unspecified atom stereocenters. The van der Waals surface area contributed by atoms with E-state index in [1.54, 1.807) is 0 Å². The van der Waals surface area contributed by atoms with Crippen molar-refractivity contribution in [3.05, 3.63) is 59.7 Å². The topological polar surface area (TPSA) is 9.23 Å². The van der Waals surface area contributed by atoms with Crippen molar-refractivity contribution in [3.63, 3.8) is 0 Å². The van der Waals surface area contributed by atoms with Crippen LogP contribution in [0.4, 0.5) is 0 Å². The SMILES string of the molecule is CCCC(C)CCc1ccccc1Oc1ccccc1CCC(C)CCC. The second kappa shape index (κ2) is 11.8. The average molecular weight is 367 g/mol. The van der Waals surface area contributed by atoms with Crippen LogP contribution in [0.1, 0.15) is 77.3 Å². The van der Waals surface area contributed by atoms with Crippen LogP contribution >= 0.6 is 0 Å². The Bertz CT molecular complexity index is 603. The summed E-state index contributed by atoms with van der Waals surface area (Å²) in [5, 5.41) is 0. The Balaban J connectivity index is 2.06. The maximum absolute atomic E-state index is 6.43. The van der Waals surface area contributed by atoms with E-state index in [1.807, 2.05) is 0 Å². The first-order valence-corrected chi connectivity index (χ1v) is 11.0. The van der Waals surface area contributed by atoms with Crippen molar-refractivity contribution in [3.8, 4) is 11.5 Å². The number of rotatable bonds is 12. The zero-order valence-corrected chi connectivity index (χ0v) is 17.8. The van der Waals surface area contributed by atoms with Gasteiger partial charge in [0.2, 0.25) is 0 Å². The van der Waals surface area contributed by atoms with E-state index in [0.717, 1.165) is 36.2 Å². The van der Waals surface area contributed by atoms with Gasteiger partial charge in [-0.05, 0) is 60.8 Å². The third kappa shape index (κ3) is 7.40. The molecule has 0 spiro atoms. The van der Waals surface area contributed by atoms with Crippen LogP contribution in [0.3, 0.4) is 0 Å². The number of ether oxygens (including phenoxy) is 1. The Hall–Kier alpha value is -1.76. The molecule has 0 N–H and O–H groups in total. The average Bonchev–Trinajstić information content (AvgIpc) is 2.67. The summed E-state index contributed by atoms with van der Waals surface area (Å²) in [4.78, 5) is 0. The molecule has 0 aliphatic carbocycles. The Morgan fingerprint density at radius 2 is 1.04 bits per heavy atom. The lowest BCUT2D eigenvalue weighted by Crippen LogP contribution is -2.01. The molecule has 0 aliphatic rings. The van der Waals surface area contributed by atoms with Crippen LogP contribution < -0.4 is 4.74 Å². The van der Waals surface area contributed by atoms with Gasteiger partial charge in [0.15, 0.2) is 0 Å². The normalized spacial score (nSPS) is 13.3. The van der Waals surface area contributed by atoms with Gasteiger partial charge in [-0.3, -0.25) is 0 Å². The predicted octanol–water partition coefficient (Wildman–Crippen LogP) is 8.22. The van der Waals surface area contributed by atoms with Crippen molar-refractivity contribution < 1.29 is 4.74 Å². The Labute approximate surface area is 167 Å². The summed E-state index contributed by atoms with van der Waals surface area (Å²) in [6.45, 7) is 9.26. The highest BCUT2D eigenvalue weighted by atomic mass is 16.5. The molecule has 2 aromatic carbocycles. The molecule has 0 amide bonds. The minimum absolute atomic E-state index is 0.774. The standard InChI is InChI=1S/C26H38O/c1-5-11-21(3)17-19-23-13-7-9-15-25(23)27-26-16-10-8-14-24(26)20-18-22(4)12-6-2/h7-10,13-16,21-22H,5-6,11-12,17-20H2,1-4H3. The predicted molar refractivity (Wildman–Crippen MR) is 118 cm³/mol. The van der Waals surface area contributed by atoms with Crippen molar-refractivity contribution >= 4 is 0 Å². The van der Waals surface area contributed by atoms with Gasteiger partial charge >= 0.3 is 0 Å². The maximum Gasteiger partial charge on any atom is 0.130 e. The van der Waals surface area contributed by atoms with Gasteiger partial charge in [0.25, 0.3) is 0 Å². The molecule has 148 valence electrons. The van der Waals surface area contributed by atoms with Crippen LogP contribution in [-0.2, 0) is 12.8 Å². The fourth-order valence-corrected chi connectivity index (χ4v) is 3.82. The van der Waals surface area contributed by atoms with Crippen molar-refractivity contribution in [1.29, 1.82) is 0 Å². The van der Waals surface area contributed by atoms with Crippen LogP contribution in [-0.4, -0.2) is 0 Å². The second-order valence-corrected chi connectivity index (χ2v) is 8.18. The first-order valence-electron chi connectivity index (χ1n) is 11.0. The fourth-order valence-electron chi connectivity index (χ4n) is 3.82. The largest absolute Gasteiger partial charge is 0.457 e. The molecule has 0 bridgehead atoms. The van der Waals surface area contributed by atoms with Crippen LogP contribution in [0.5, 0.6) is 11.5 Å². The Morgan fingerprint density at radius 3 is 1.44 bits per heavy atom. The molecular formula is C26H38O. The maximum atomic E-state index is 6.43. The quantitative estimate of drug-likeness (QED) is 0.367. The molecule has 0 saturated carbocycles. The van der Waals surface area contributed by atoms with Crippen LogP contribution in [0.25, 0.3) is 0 Å². The van der Waals surface area contributed by atoms with E-state index >= 15 is 0 Å². The summed E-state index contributed by atoms with van der Waals surface area (Å²) in [6.07, 6.45) is 9.78. The Morgan fingerprint density at radius 1 is 0.630 bits per heavy atom. The van der Waals surface area contributed by atoms with Gasteiger partial charge in [0.1, 0.15) is 11.5 Å². The van der Waals surface area contributed by atoms with Crippen molar-refractivity contribution in [2.45, 2.75) is 79.1 Å². The molecule has 0 saturated heterocycles. The number of benzene rings is 2. The fraction of sp³-hybridized carbons (Fsp3) is 0.538. The lowest BCUT2D eigenvalue weighted by molar-refractivity contribution is 0.447. The molecule has 0 aliphatic heterocycles. The van der Waals surface area contributed by atoms with E-state index in [9.17, 15) is 0 Å². The summed E-state index contributed by atoms with van der Waals surface area (Å²) < 4.78 is 6.43. The highest BCUT2D eigenvalue weighted by molar-refractivity contribution is 5.41. The molecule has 2 aromatic rings. The molecule has 0 heterocycles. The van der Waals surface area contributed by atoms with Gasteiger partial charge in [-0.2, -0.15) is 0 Å². The zero-order chi connectivity index (χ0) is 19.5. The molecule has 1 nitrogen and oxygen atoms in total. The lowest BCUT2D eigenvalue weighted by Gasteiger charge is -2.16. The van der Waals surface area contributed by atoms with E-state index in [-0.39, 0.29) is 0 Å². The lowest BCUT2D eigenvalue weighted by atomic mass is 9.96. The van der Waals surface area contributed by atoms with Crippen molar-refractivity contribution in [1.82, 2.24) is 0 Å². The molecule has 27 heavy (non-hydrogen) atoms. The Kier molecular flexibility index (Phi) is 9.45. The van der Waals surface area contributed by atoms with E-state index < -0.39 is 0 Å². The van der Waals surface area contributed by atoms with Crippen molar-refractivity contribution in [2.75, 3.05) is 0 Å². The molecule has 0 aromatic heterocycles. The second-order valence-electron chi connectivity index (χ2n) is 8.18. The van der Waals surface area contributed by atoms with Crippen LogP contribution in [0, 0.1) is 11.8 Å². The third-order valence-corrected chi connectivity index (χ3v) is 5.54. The molecule has 2 atom stereocenters. The summed E-state index contributed by atoms with van der Waals surface area (Å²) in [7, 11) is 0. The first kappa shape index (κ1) is 21.5. The minimum Gasteiger partial charge on any atom is -0.457 e. The summed E-state index contributed by atoms with van der Waals surface area (Å²) in [6, 6.07) is 17.1. The smallest absolute Gasteiger partial charge is 0.130 e. The van der Waals surface area contributed by atoms with Crippen LogP contribution in [0.2, 0.25) is 0 Å². The number of hydrogen-bond donors (Lipinski definition) is 0. The third-order valence-electron chi connectivity index (χ3n) is 5.54. The summed E-state index contributed by atoms with van der Waals surface area (Å²) in [5.74, 6) is 3.59. The molecular weight excluding hydrogens is 328 g/mol. The van der Waals surface area contributed by atoms with Crippen molar-refractivity contribution in [2.24, 2.45) is 11.8 Å². The number of aryl methyl sites for hydroxylation is 2. The zero-order valence-electron chi connectivity index (χ0n) is 17.8. The number of para-hydroxylation sites is 2. The molecule has 2 rings (SSSR count). The molecule has 0 fully saturated rings. The summed E-state index contributed by atoms with van der Waals surface area (Å²) >= 11 is 0. The summed E-state index contributed by atoms with van der Waals surface area (Å²) in [5.41, 5.74) is 2.66. The van der Waals surface area contributed by atoms with E-state index in [4.69, 9.17) is 4.74 Å². The monoisotopic (exact) mass is 366 g/mol. The molecule has 1 heteroatoms. The highest BCUT2D eigenvalue weighted by Gasteiger charge is 2.11. The van der Waals surface area contributed by atoms with Gasteiger partial charge in [-0.25, -0.2) is 0 Å². The van der Waals surface area contributed by atoms with Gasteiger partial charge in [-0.15, -0.1) is 0 Å². The van der Waals surface area contributed by atoms with Gasteiger partial charge in [0.05, 0.1) is 0 Å². The van der Waals surface area contributed by atoms with E-state index in [2.05, 4.69) is 76.2 Å². The molecule has 0 radical (unpaired) electrons. The highest BCUT2D eigenvalue weighted by Crippen LogP contribution is 2.31. The van der Waals surface area contributed by atoms with E-state index in [1.165, 1.54) is 49.7 Å². The first-order chi connectivity index (χ1) is 13.1. The van der Waals surface area contributed by atoms with Gasteiger partial charge < -0.3 is 4.74 Å². The van der Waals surface area contributed by atoms with E-state index in [0.29, 0.717) is 0 Å². The van der Waals surface area contributed by atoms with Gasteiger partial charge in [-0.1, -0.05) is 89.8 Å². The van der Waals surface area contributed by atoms with Gasteiger partial charge in [0, 0.05) is 0 Å². The minimum atomic E-state index is 0.774.